The van der Waals surface area contributed by atoms with E-state index in [0.29, 0.717) is 5.56 Å². The fourth-order valence-electron chi connectivity index (χ4n) is 1.22. The zero-order valence-corrected chi connectivity index (χ0v) is 9.39. The summed E-state index contributed by atoms with van der Waals surface area (Å²) in [4.78, 5) is 0. The number of benzene rings is 1. The monoisotopic (exact) mass is 263 g/mol. The molecule has 0 spiro atoms. The van der Waals surface area contributed by atoms with Crippen molar-refractivity contribution in [1.29, 1.82) is 0 Å². The van der Waals surface area contributed by atoms with E-state index in [2.05, 4.69) is 15.9 Å². The van der Waals surface area contributed by atoms with Gasteiger partial charge in [-0.3, -0.25) is 0 Å². The summed E-state index contributed by atoms with van der Waals surface area (Å²) >= 11 is 3.31. The Morgan fingerprint density at radius 2 is 2.07 bits per heavy atom. The largest absolute Gasteiger partial charge is 0.330 e. The average Bonchev–Trinajstić information content (AvgIpc) is 2.11. The van der Waals surface area contributed by atoms with Crippen molar-refractivity contribution in [3.63, 3.8) is 0 Å². The quantitative estimate of drug-likeness (QED) is 0.892. The summed E-state index contributed by atoms with van der Waals surface area (Å²) in [5.74, 6) is -0.869. The predicted octanol–water partition coefficient (Wildman–Crippen LogP) is 3.06. The molecule has 1 atom stereocenters. The van der Waals surface area contributed by atoms with Gasteiger partial charge in [0.05, 0.1) is 5.92 Å². The van der Waals surface area contributed by atoms with Gasteiger partial charge in [0.25, 0.3) is 0 Å². The zero-order valence-electron chi connectivity index (χ0n) is 7.81. The maximum absolute atomic E-state index is 12.5. The molecule has 1 aromatic rings. The Labute approximate surface area is 90.4 Å². The van der Waals surface area contributed by atoms with Gasteiger partial charge in [-0.1, -0.05) is 28.1 Å². The van der Waals surface area contributed by atoms with Crippen LogP contribution in [0, 0.1) is 6.92 Å². The van der Waals surface area contributed by atoms with E-state index in [-0.39, 0.29) is 6.54 Å². The van der Waals surface area contributed by atoms with Crippen LogP contribution in [0.1, 0.15) is 17.0 Å². The molecular formula is C10H12BrF2N. The second-order valence-corrected chi connectivity index (χ2v) is 4.04. The molecule has 78 valence electrons. The lowest BCUT2D eigenvalue weighted by Gasteiger charge is -2.14. The maximum atomic E-state index is 12.5. The third-order valence-corrected chi connectivity index (χ3v) is 3.04. The summed E-state index contributed by atoms with van der Waals surface area (Å²) in [6.45, 7) is 1.88. The summed E-state index contributed by atoms with van der Waals surface area (Å²) < 4.78 is 25.9. The van der Waals surface area contributed by atoms with E-state index in [4.69, 9.17) is 5.73 Å². The molecule has 0 aliphatic heterocycles. The van der Waals surface area contributed by atoms with Crippen LogP contribution in [0.5, 0.6) is 0 Å². The van der Waals surface area contributed by atoms with Gasteiger partial charge in [0.2, 0.25) is 6.43 Å². The summed E-state index contributed by atoms with van der Waals surface area (Å²) in [6.07, 6.45) is -2.41. The lowest BCUT2D eigenvalue weighted by molar-refractivity contribution is 0.117. The minimum atomic E-state index is -2.41. The molecule has 0 heterocycles. The van der Waals surface area contributed by atoms with Gasteiger partial charge in [0.1, 0.15) is 0 Å². The second kappa shape index (κ2) is 4.84. The Hall–Kier alpha value is -0.480. The number of hydrogen-bond acceptors (Lipinski definition) is 1. The van der Waals surface area contributed by atoms with Crippen molar-refractivity contribution in [2.24, 2.45) is 5.73 Å². The highest BCUT2D eigenvalue weighted by molar-refractivity contribution is 9.10. The number of alkyl halides is 2. The highest BCUT2D eigenvalue weighted by Crippen LogP contribution is 2.26. The van der Waals surface area contributed by atoms with Crippen LogP contribution in [0.2, 0.25) is 0 Å². The first-order chi connectivity index (χ1) is 6.56. The van der Waals surface area contributed by atoms with Crippen molar-refractivity contribution in [2.45, 2.75) is 19.3 Å². The molecule has 0 fully saturated rings. The van der Waals surface area contributed by atoms with E-state index in [1.165, 1.54) is 0 Å². The minimum Gasteiger partial charge on any atom is -0.330 e. The third kappa shape index (κ3) is 2.51. The Morgan fingerprint density at radius 1 is 1.43 bits per heavy atom. The number of aryl methyl sites for hydroxylation is 1. The first kappa shape index (κ1) is 11.6. The van der Waals surface area contributed by atoms with Crippen LogP contribution in [0.25, 0.3) is 0 Å². The molecule has 4 heteroatoms. The zero-order chi connectivity index (χ0) is 10.7. The molecule has 1 aromatic carbocycles. The van der Waals surface area contributed by atoms with Gasteiger partial charge < -0.3 is 5.73 Å². The van der Waals surface area contributed by atoms with Gasteiger partial charge >= 0.3 is 0 Å². The maximum Gasteiger partial charge on any atom is 0.246 e. The van der Waals surface area contributed by atoms with Gasteiger partial charge in [-0.25, -0.2) is 8.78 Å². The highest BCUT2D eigenvalue weighted by Gasteiger charge is 2.20. The molecule has 0 amide bonds. The van der Waals surface area contributed by atoms with Crippen LogP contribution in [-0.4, -0.2) is 13.0 Å². The van der Waals surface area contributed by atoms with E-state index < -0.39 is 12.3 Å². The Morgan fingerprint density at radius 3 is 2.50 bits per heavy atom. The van der Waals surface area contributed by atoms with E-state index in [1.807, 2.05) is 13.0 Å². The molecule has 0 aliphatic rings. The van der Waals surface area contributed by atoms with Gasteiger partial charge in [-0.15, -0.1) is 0 Å². The minimum absolute atomic E-state index is 0.0346. The average molecular weight is 264 g/mol. The molecule has 0 saturated heterocycles. The standard InChI is InChI=1S/C10H12BrF2N/c1-6-2-3-7(4-9(6)11)8(5-14)10(12)13/h2-4,8,10H,5,14H2,1H3. The fraction of sp³-hybridized carbons (Fsp3) is 0.400. The molecule has 0 radical (unpaired) electrons. The Kier molecular flexibility index (Phi) is 4.01. The fourth-order valence-corrected chi connectivity index (χ4v) is 1.62. The van der Waals surface area contributed by atoms with E-state index in [0.717, 1.165) is 10.0 Å². The van der Waals surface area contributed by atoms with Crippen LogP contribution < -0.4 is 5.73 Å². The molecule has 0 aromatic heterocycles. The van der Waals surface area contributed by atoms with Gasteiger partial charge in [0.15, 0.2) is 0 Å². The highest BCUT2D eigenvalue weighted by atomic mass is 79.9. The smallest absolute Gasteiger partial charge is 0.246 e. The number of halogens is 3. The number of nitrogens with two attached hydrogens (primary N) is 1. The Bertz CT molecular complexity index is 315. The first-order valence-corrected chi connectivity index (χ1v) is 5.09. The number of rotatable bonds is 3. The van der Waals surface area contributed by atoms with E-state index >= 15 is 0 Å². The van der Waals surface area contributed by atoms with Crippen molar-refractivity contribution in [3.8, 4) is 0 Å². The normalized spacial score (nSPS) is 13.3. The molecular weight excluding hydrogens is 252 g/mol. The van der Waals surface area contributed by atoms with Crippen LogP contribution in [-0.2, 0) is 0 Å². The van der Waals surface area contributed by atoms with Gasteiger partial charge in [-0.05, 0) is 24.1 Å². The van der Waals surface area contributed by atoms with Crippen LogP contribution in [0.3, 0.4) is 0 Å². The SMILES string of the molecule is Cc1ccc(C(CN)C(F)F)cc1Br. The Balaban J connectivity index is 3.00. The van der Waals surface area contributed by atoms with Crippen LogP contribution in [0.15, 0.2) is 22.7 Å². The molecule has 0 bridgehead atoms. The molecule has 0 aliphatic carbocycles. The lowest BCUT2D eigenvalue weighted by atomic mass is 9.99. The van der Waals surface area contributed by atoms with Crippen molar-refractivity contribution in [2.75, 3.05) is 6.54 Å². The molecule has 1 unspecified atom stereocenters. The summed E-state index contributed by atoms with van der Waals surface area (Å²) in [5, 5.41) is 0. The van der Waals surface area contributed by atoms with Crippen LogP contribution in [0.4, 0.5) is 8.78 Å². The van der Waals surface area contributed by atoms with Crippen molar-refractivity contribution < 1.29 is 8.78 Å². The van der Waals surface area contributed by atoms with Gasteiger partial charge in [-0.2, -0.15) is 0 Å². The topological polar surface area (TPSA) is 26.0 Å². The third-order valence-electron chi connectivity index (χ3n) is 2.18. The van der Waals surface area contributed by atoms with Crippen LogP contribution >= 0.6 is 15.9 Å². The summed E-state index contributed by atoms with van der Waals surface area (Å²) in [5.41, 5.74) is 6.91. The van der Waals surface area contributed by atoms with E-state index in [1.54, 1.807) is 12.1 Å². The van der Waals surface area contributed by atoms with Crippen molar-refractivity contribution >= 4 is 15.9 Å². The molecule has 2 N–H and O–H groups in total. The molecule has 14 heavy (non-hydrogen) atoms. The second-order valence-electron chi connectivity index (χ2n) is 3.19. The molecule has 1 nitrogen and oxygen atoms in total. The first-order valence-electron chi connectivity index (χ1n) is 4.30. The summed E-state index contributed by atoms with van der Waals surface area (Å²) in [6, 6.07) is 5.22. The predicted molar refractivity (Wildman–Crippen MR) is 56.7 cm³/mol. The summed E-state index contributed by atoms with van der Waals surface area (Å²) in [7, 11) is 0. The molecule has 1 rings (SSSR count). The van der Waals surface area contributed by atoms with Crippen molar-refractivity contribution in [3.05, 3.63) is 33.8 Å². The lowest BCUT2D eigenvalue weighted by Crippen LogP contribution is -2.19. The van der Waals surface area contributed by atoms with Gasteiger partial charge in [0, 0.05) is 11.0 Å². The van der Waals surface area contributed by atoms with Crippen molar-refractivity contribution in [1.82, 2.24) is 0 Å². The van der Waals surface area contributed by atoms with E-state index in [9.17, 15) is 8.78 Å². The number of hydrogen-bond donors (Lipinski definition) is 1. The molecule has 0 saturated carbocycles.